The molecule has 4 aliphatic rings. The predicted molar refractivity (Wildman–Crippen MR) is 241 cm³/mol. The van der Waals surface area contributed by atoms with Crippen LogP contribution >= 0.6 is 0 Å². The number of hydrogen-bond acceptors (Lipinski definition) is 9. The third kappa shape index (κ3) is 8.12. The van der Waals surface area contributed by atoms with Crippen molar-refractivity contribution in [2.45, 2.75) is 83.0 Å². The Labute approximate surface area is 366 Å². The number of aliphatic imine (C=N–C) groups is 1. The normalized spacial score (nSPS) is 19.9. The molecule has 0 saturated carbocycles. The zero-order valence-corrected chi connectivity index (χ0v) is 36.3. The first-order valence-electron chi connectivity index (χ1n) is 22.2. The molecule has 0 aliphatic carbocycles. The van der Waals surface area contributed by atoms with E-state index in [1.807, 2.05) is 29.8 Å². The Kier molecular flexibility index (Phi) is 11.9. The van der Waals surface area contributed by atoms with Crippen molar-refractivity contribution in [2.24, 2.45) is 16.8 Å². The third-order valence-corrected chi connectivity index (χ3v) is 13.5. The summed E-state index contributed by atoms with van der Waals surface area (Å²) in [5.74, 6) is 0.373. The summed E-state index contributed by atoms with van der Waals surface area (Å²) in [6.45, 7) is 6.18. The van der Waals surface area contributed by atoms with Crippen LogP contribution in [0.4, 0.5) is 15.3 Å². The Morgan fingerprint density at radius 3 is 2.11 bits per heavy atom. The number of imidazole rings is 1. The zero-order chi connectivity index (χ0) is 43.8. The van der Waals surface area contributed by atoms with Gasteiger partial charge < -0.3 is 39.6 Å². The third-order valence-electron chi connectivity index (χ3n) is 13.5. The molecule has 328 valence electrons. The van der Waals surface area contributed by atoms with E-state index in [1.54, 1.807) is 0 Å². The van der Waals surface area contributed by atoms with Crippen LogP contribution in [0.5, 0.6) is 0 Å². The quantitative estimate of drug-likeness (QED) is 0.119. The van der Waals surface area contributed by atoms with Crippen LogP contribution in [0.1, 0.15) is 69.8 Å². The minimum Gasteiger partial charge on any atom is -0.453 e. The number of carbonyl (C=O) groups is 4. The number of benzene rings is 4. The van der Waals surface area contributed by atoms with Gasteiger partial charge >= 0.3 is 12.2 Å². The lowest BCUT2D eigenvalue weighted by atomic mass is 9.90. The lowest BCUT2D eigenvalue weighted by molar-refractivity contribution is -0.137. The largest absolute Gasteiger partial charge is 0.453 e. The van der Waals surface area contributed by atoms with Crippen LogP contribution in [0, 0.1) is 11.8 Å². The summed E-state index contributed by atoms with van der Waals surface area (Å²) < 4.78 is 15.3. The minimum atomic E-state index is -0.689. The highest BCUT2D eigenvalue weighted by molar-refractivity contribution is 6.19. The smallest absolute Gasteiger partial charge is 0.407 e. The number of aromatic amines is 1. The van der Waals surface area contributed by atoms with Gasteiger partial charge in [-0.05, 0) is 94.8 Å². The van der Waals surface area contributed by atoms with E-state index in [9.17, 15) is 19.2 Å². The van der Waals surface area contributed by atoms with Gasteiger partial charge in [0.05, 0.1) is 43.9 Å². The van der Waals surface area contributed by atoms with E-state index in [4.69, 9.17) is 24.2 Å². The number of hydrogen-bond donors (Lipinski definition) is 3. The van der Waals surface area contributed by atoms with Crippen LogP contribution in [0.15, 0.2) is 77.9 Å². The number of nitrogens with one attached hydrogen (secondary N) is 3. The topological polar surface area (TPSA) is 168 Å². The lowest BCUT2D eigenvalue weighted by Crippen LogP contribution is -2.53. The Morgan fingerprint density at radius 1 is 0.746 bits per heavy atom. The molecule has 0 bridgehead atoms. The number of aromatic nitrogens is 2. The molecule has 14 heteroatoms. The van der Waals surface area contributed by atoms with Crippen molar-refractivity contribution in [2.75, 3.05) is 40.5 Å². The van der Waals surface area contributed by atoms with Gasteiger partial charge in [-0.25, -0.2) is 14.6 Å². The SMILES string of the molecule is COC(=O)N[C@H](C(=O)N1CCC[C@H]1C1=Nc2c(c3ccc(-c4ccc(-c5cnc([C@@H]6CCCN6C(=O)[C@@H](NC(=O)OC)C6CCOCC6)[nH]5)cc4)cc3c3ccccc23)C1)C(C)C. The van der Waals surface area contributed by atoms with Gasteiger partial charge in [-0.15, -0.1) is 0 Å². The average Bonchev–Trinajstić information content (AvgIpc) is 4.16. The van der Waals surface area contributed by atoms with Crippen molar-refractivity contribution in [3.63, 3.8) is 0 Å². The summed E-state index contributed by atoms with van der Waals surface area (Å²) in [6.07, 6.45) is 5.95. The standard InChI is InChI=1S/C49H55N7O7/c1-28(2)42(53-48(59)61-3)46(57)55-21-7-11-40(55)38-26-37-34-18-17-32(25-36(34)33-9-5-6-10-35(33)44(37)51-38)29-13-15-30(16-14-29)39-27-50-45(52-39)41-12-8-22-56(41)47(58)43(54-49(60)62-4)31-19-23-63-24-20-31/h5-6,9-10,13-18,25,27-28,31,40-43H,7-8,11-12,19-24,26H2,1-4H3,(H,50,52)(H,53,59)(H,54,60)/t40-,41-,42-,43-/m0/s1. The van der Waals surface area contributed by atoms with E-state index in [0.717, 1.165) is 86.8 Å². The van der Waals surface area contributed by atoms with Gasteiger partial charge in [0.25, 0.3) is 0 Å². The van der Waals surface area contributed by atoms with Crippen molar-refractivity contribution in [1.82, 2.24) is 30.4 Å². The maximum atomic E-state index is 14.1. The number of fused-ring (bicyclic) bond motifs is 6. The molecule has 3 saturated heterocycles. The number of likely N-dealkylation sites (tertiary alicyclic amines) is 2. The summed E-state index contributed by atoms with van der Waals surface area (Å²) in [5.41, 5.74) is 7.14. The number of methoxy groups -OCH3 is 2. The lowest BCUT2D eigenvalue weighted by Gasteiger charge is -2.34. The van der Waals surface area contributed by atoms with Gasteiger partial charge in [0.2, 0.25) is 11.8 Å². The molecule has 4 aliphatic heterocycles. The number of ether oxygens (including phenoxy) is 3. The number of alkyl carbamates (subject to hydrolysis) is 2. The van der Waals surface area contributed by atoms with Crippen LogP contribution in [-0.4, -0.2) is 108 Å². The highest BCUT2D eigenvalue weighted by Gasteiger charge is 2.41. The Hall–Kier alpha value is -6.28. The molecule has 9 rings (SSSR count). The number of rotatable bonds is 10. The monoisotopic (exact) mass is 853 g/mol. The van der Waals surface area contributed by atoms with Crippen LogP contribution in [0.25, 0.3) is 43.9 Å². The van der Waals surface area contributed by atoms with E-state index in [1.165, 1.54) is 19.8 Å². The molecule has 5 heterocycles. The highest BCUT2D eigenvalue weighted by Crippen LogP contribution is 2.44. The van der Waals surface area contributed by atoms with Crippen molar-refractivity contribution in [1.29, 1.82) is 0 Å². The van der Waals surface area contributed by atoms with Crippen molar-refractivity contribution >= 4 is 56.9 Å². The van der Waals surface area contributed by atoms with Gasteiger partial charge in [0, 0.05) is 43.8 Å². The molecular weight excluding hydrogens is 799 g/mol. The van der Waals surface area contributed by atoms with E-state index in [-0.39, 0.29) is 35.7 Å². The Morgan fingerprint density at radius 2 is 1.40 bits per heavy atom. The maximum Gasteiger partial charge on any atom is 0.407 e. The van der Waals surface area contributed by atoms with E-state index < -0.39 is 24.3 Å². The highest BCUT2D eigenvalue weighted by atomic mass is 16.5. The summed E-state index contributed by atoms with van der Waals surface area (Å²) in [6, 6.07) is 21.7. The average molecular weight is 854 g/mol. The van der Waals surface area contributed by atoms with Gasteiger partial charge in [-0.1, -0.05) is 74.5 Å². The Balaban J connectivity index is 0.942. The first-order valence-corrected chi connectivity index (χ1v) is 22.2. The fraction of sp³-hybridized carbons (Fsp3) is 0.429. The van der Waals surface area contributed by atoms with E-state index in [2.05, 4.69) is 82.3 Å². The fourth-order valence-electron chi connectivity index (χ4n) is 10.1. The number of H-pyrrole nitrogens is 1. The first kappa shape index (κ1) is 42.0. The minimum absolute atomic E-state index is 0.0317. The van der Waals surface area contributed by atoms with E-state index in [0.29, 0.717) is 45.6 Å². The molecule has 0 radical (unpaired) electrons. The van der Waals surface area contributed by atoms with Crippen molar-refractivity contribution in [3.05, 3.63) is 84.3 Å². The van der Waals surface area contributed by atoms with Gasteiger partial charge in [0.15, 0.2) is 0 Å². The molecule has 0 spiro atoms. The molecule has 4 atom stereocenters. The molecular formula is C49H55N7O7. The van der Waals surface area contributed by atoms with E-state index >= 15 is 0 Å². The van der Waals surface area contributed by atoms with Gasteiger partial charge in [0.1, 0.15) is 17.9 Å². The van der Waals surface area contributed by atoms with Gasteiger partial charge in [-0.3, -0.25) is 14.6 Å². The molecule has 0 unspecified atom stereocenters. The molecule has 5 aromatic rings. The molecule has 14 nitrogen and oxygen atoms in total. The predicted octanol–water partition coefficient (Wildman–Crippen LogP) is 7.87. The second-order valence-corrected chi connectivity index (χ2v) is 17.5. The van der Waals surface area contributed by atoms with Crippen LogP contribution in [0.3, 0.4) is 0 Å². The van der Waals surface area contributed by atoms with Crippen LogP contribution in [-0.2, 0) is 30.2 Å². The Bertz CT molecular complexity index is 2580. The summed E-state index contributed by atoms with van der Waals surface area (Å²) in [4.78, 5) is 69.8. The molecule has 63 heavy (non-hydrogen) atoms. The first-order chi connectivity index (χ1) is 30.6. The summed E-state index contributed by atoms with van der Waals surface area (Å²) in [5, 5.41) is 10.1. The number of nitrogens with zero attached hydrogens (tertiary/aromatic N) is 4. The van der Waals surface area contributed by atoms with Crippen molar-refractivity contribution < 1.29 is 33.4 Å². The van der Waals surface area contributed by atoms with Crippen LogP contribution in [0.2, 0.25) is 0 Å². The fourth-order valence-corrected chi connectivity index (χ4v) is 10.1. The molecule has 1 aromatic heterocycles. The zero-order valence-electron chi connectivity index (χ0n) is 36.3. The van der Waals surface area contributed by atoms with Gasteiger partial charge in [-0.2, -0.15) is 0 Å². The molecule has 3 fully saturated rings. The number of amides is 4. The second kappa shape index (κ2) is 17.8. The van der Waals surface area contributed by atoms with Crippen LogP contribution < -0.4 is 10.6 Å². The number of carbonyl (C=O) groups excluding carboxylic acids is 4. The molecule has 4 aromatic carbocycles. The molecule has 3 N–H and O–H groups in total. The summed E-state index contributed by atoms with van der Waals surface area (Å²) >= 11 is 0. The maximum absolute atomic E-state index is 14.1. The second-order valence-electron chi connectivity index (χ2n) is 17.5. The van der Waals surface area contributed by atoms with Crippen molar-refractivity contribution in [3.8, 4) is 22.4 Å². The summed E-state index contributed by atoms with van der Waals surface area (Å²) in [7, 11) is 2.62. The molecule has 4 amide bonds.